The van der Waals surface area contributed by atoms with Crippen molar-refractivity contribution >= 4 is 29.2 Å². The Bertz CT molecular complexity index is 765. The molecule has 0 aliphatic rings. The van der Waals surface area contributed by atoms with Crippen molar-refractivity contribution in [1.82, 2.24) is 4.90 Å². The van der Waals surface area contributed by atoms with Crippen LogP contribution in [-0.2, 0) is 9.59 Å². The molecule has 1 heterocycles. The lowest BCUT2D eigenvalue weighted by Gasteiger charge is -2.22. The summed E-state index contributed by atoms with van der Waals surface area (Å²) in [6.07, 6.45) is 3.30. The number of likely N-dealkylation sites (N-methyl/N-ethyl adjacent to an activating group) is 1. The van der Waals surface area contributed by atoms with Gasteiger partial charge in [-0.05, 0) is 49.8 Å². The Hall–Kier alpha value is -2.60. The second kappa shape index (κ2) is 8.48. The minimum Gasteiger partial charge on any atom is -0.484 e. The molecule has 0 fully saturated rings. The predicted molar refractivity (Wildman–Crippen MR) is 100 cm³/mol. The molecule has 1 aromatic heterocycles. The van der Waals surface area contributed by atoms with Crippen molar-refractivity contribution in [3.63, 3.8) is 0 Å². The third kappa shape index (κ3) is 5.46. The summed E-state index contributed by atoms with van der Waals surface area (Å²) in [5, 5.41) is 0. The molecule has 132 valence electrons. The van der Waals surface area contributed by atoms with E-state index >= 15 is 0 Å². The van der Waals surface area contributed by atoms with Gasteiger partial charge in [0.05, 0.1) is 6.04 Å². The molecule has 2 aromatic rings. The molecule has 1 atom stereocenters. The van der Waals surface area contributed by atoms with Crippen molar-refractivity contribution in [1.29, 1.82) is 0 Å². The molecule has 0 unspecified atom stereocenters. The molecule has 6 heteroatoms. The van der Waals surface area contributed by atoms with E-state index < -0.39 is 5.91 Å². The molecule has 0 saturated heterocycles. The minimum atomic E-state index is -0.521. The van der Waals surface area contributed by atoms with Gasteiger partial charge in [-0.25, -0.2) is 0 Å². The Balaban J connectivity index is 1.95. The summed E-state index contributed by atoms with van der Waals surface area (Å²) in [5.41, 5.74) is 5.90. The van der Waals surface area contributed by atoms with E-state index in [0.29, 0.717) is 5.75 Å². The molecule has 0 aliphatic heterocycles. The summed E-state index contributed by atoms with van der Waals surface area (Å²) < 4.78 is 5.20. The average molecular weight is 358 g/mol. The molecule has 2 N–H and O–H groups in total. The first-order valence-corrected chi connectivity index (χ1v) is 8.71. The van der Waals surface area contributed by atoms with Crippen LogP contribution in [0.1, 0.15) is 28.3 Å². The fourth-order valence-electron chi connectivity index (χ4n) is 2.17. The van der Waals surface area contributed by atoms with E-state index in [9.17, 15) is 9.59 Å². The fourth-order valence-corrected chi connectivity index (χ4v) is 3.15. The lowest BCUT2D eigenvalue weighted by molar-refractivity contribution is -0.126. The highest BCUT2D eigenvalue weighted by Gasteiger charge is 2.16. The second-order valence-corrected chi connectivity index (χ2v) is 7.05. The van der Waals surface area contributed by atoms with Gasteiger partial charge in [0.15, 0.2) is 6.61 Å². The molecule has 2 amide bonds. The quantitative estimate of drug-likeness (QED) is 0.773. The third-order valence-corrected chi connectivity index (χ3v) is 4.95. The highest BCUT2D eigenvalue weighted by Crippen LogP contribution is 2.26. The molecule has 5 nitrogen and oxygen atoms in total. The summed E-state index contributed by atoms with van der Waals surface area (Å²) in [7, 11) is 1.80. The third-order valence-electron chi connectivity index (χ3n) is 3.78. The van der Waals surface area contributed by atoms with Crippen molar-refractivity contribution < 1.29 is 14.3 Å². The van der Waals surface area contributed by atoms with Crippen LogP contribution in [0, 0.1) is 6.92 Å². The number of amides is 2. The van der Waals surface area contributed by atoms with Gasteiger partial charge in [0, 0.05) is 22.9 Å². The molecule has 0 saturated carbocycles. The number of hydrogen-bond acceptors (Lipinski definition) is 4. The Morgan fingerprint density at radius 2 is 1.92 bits per heavy atom. The van der Waals surface area contributed by atoms with Gasteiger partial charge in [0.25, 0.3) is 5.91 Å². The van der Waals surface area contributed by atoms with Crippen LogP contribution in [0.2, 0.25) is 0 Å². The van der Waals surface area contributed by atoms with Gasteiger partial charge in [0.1, 0.15) is 5.75 Å². The maximum atomic E-state index is 12.4. The van der Waals surface area contributed by atoms with E-state index in [0.717, 1.165) is 10.4 Å². The molecule has 0 aliphatic carbocycles. The number of rotatable bonds is 7. The number of carbonyl (C=O) groups excluding carboxylic acids is 2. The predicted octanol–water partition coefficient (Wildman–Crippen LogP) is 3.15. The van der Waals surface area contributed by atoms with Gasteiger partial charge < -0.3 is 15.4 Å². The van der Waals surface area contributed by atoms with E-state index in [1.807, 2.05) is 19.1 Å². The SMILES string of the molecule is Cc1ccc([C@H](C)N(C)C(=O)/C=C/c2ccc(OCC(N)=O)cc2)s1. The van der Waals surface area contributed by atoms with E-state index in [2.05, 4.69) is 19.1 Å². The van der Waals surface area contributed by atoms with Crippen LogP contribution in [0.15, 0.2) is 42.5 Å². The van der Waals surface area contributed by atoms with Crippen LogP contribution in [0.4, 0.5) is 0 Å². The van der Waals surface area contributed by atoms with Crippen LogP contribution in [0.3, 0.4) is 0 Å². The topological polar surface area (TPSA) is 72.6 Å². The van der Waals surface area contributed by atoms with E-state index in [-0.39, 0.29) is 18.6 Å². The fraction of sp³-hybridized carbons (Fsp3) is 0.263. The van der Waals surface area contributed by atoms with E-state index in [4.69, 9.17) is 10.5 Å². The van der Waals surface area contributed by atoms with Gasteiger partial charge >= 0.3 is 0 Å². The summed E-state index contributed by atoms with van der Waals surface area (Å²) in [5.74, 6) is -0.0265. The summed E-state index contributed by atoms with van der Waals surface area (Å²) in [6.45, 7) is 3.92. The van der Waals surface area contributed by atoms with Crippen LogP contribution >= 0.6 is 11.3 Å². The molecule has 0 bridgehead atoms. The van der Waals surface area contributed by atoms with Gasteiger partial charge in [-0.1, -0.05) is 12.1 Å². The van der Waals surface area contributed by atoms with Gasteiger partial charge in [0.2, 0.25) is 5.91 Å². The maximum Gasteiger partial charge on any atom is 0.255 e. The first-order valence-electron chi connectivity index (χ1n) is 7.89. The number of benzene rings is 1. The molecular formula is C19H22N2O3S. The van der Waals surface area contributed by atoms with Gasteiger partial charge in [-0.2, -0.15) is 0 Å². The highest BCUT2D eigenvalue weighted by molar-refractivity contribution is 7.12. The maximum absolute atomic E-state index is 12.4. The van der Waals surface area contributed by atoms with Gasteiger partial charge in [-0.15, -0.1) is 11.3 Å². The van der Waals surface area contributed by atoms with Gasteiger partial charge in [-0.3, -0.25) is 9.59 Å². The number of carbonyl (C=O) groups is 2. The van der Waals surface area contributed by atoms with Crippen LogP contribution in [0.5, 0.6) is 5.75 Å². The summed E-state index contributed by atoms with van der Waals surface area (Å²) in [6, 6.07) is 11.2. The van der Waals surface area contributed by atoms with E-state index in [1.54, 1.807) is 47.6 Å². The largest absolute Gasteiger partial charge is 0.484 e. The van der Waals surface area contributed by atoms with Crippen LogP contribution < -0.4 is 10.5 Å². The Morgan fingerprint density at radius 1 is 1.24 bits per heavy atom. The zero-order valence-corrected chi connectivity index (χ0v) is 15.4. The second-order valence-electron chi connectivity index (χ2n) is 5.73. The van der Waals surface area contributed by atoms with Crippen molar-refractivity contribution in [3.8, 4) is 5.75 Å². The van der Waals surface area contributed by atoms with Crippen molar-refractivity contribution in [2.24, 2.45) is 5.73 Å². The number of ether oxygens (including phenoxy) is 1. The Morgan fingerprint density at radius 3 is 2.48 bits per heavy atom. The Kier molecular flexibility index (Phi) is 6.36. The molecule has 25 heavy (non-hydrogen) atoms. The first-order chi connectivity index (χ1) is 11.9. The van der Waals surface area contributed by atoms with Crippen molar-refractivity contribution in [3.05, 3.63) is 57.8 Å². The first kappa shape index (κ1) is 18.7. The molecule has 2 rings (SSSR count). The lowest BCUT2D eigenvalue weighted by Crippen LogP contribution is -2.27. The standard InChI is InChI=1S/C19H22N2O3S/c1-13-4-10-17(25-13)14(2)21(3)19(23)11-7-15-5-8-16(9-6-15)24-12-18(20)22/h4-11,14H,12H2,1-3H3,(H2,20,22)/b11-7+/t14-/m0/s1. The Labute approximate surface area is 151 Å². The number of aryl methyl sites for hydroxylation is 1. The monoisotopic (exact) mass is 358 g/mol. The summed E-state index contributed by atoms with van der Waals surface area (Å²) in [4.78, 5) is 27.1. The smallest absolute Gasteiger partial charge is 0.255 e. The molecule has 0 spiro atoms. The highest BCUT2D eigenvalue weighted by atomic mass is 32.1. The zero-order chi connectivity index (χ0) is 18.4. The van der Waals surface area contributed by atoms with Crippen molar-refractivity contribution in [2.75, 3.05) is 13.7 Å². The van der Waals surface area contributed by atoms with Crippen LogP contribution in [0.25, 0.3) is 6.08 Å². The molecule has 1 aromatic carbocycles. The average Bonchev–Trinajstić information content (AvgIpc) is 3.03. The lowest BCUT2D eigenvalue weighted by atomic mass is 10.2. The molecule has 0 radical (unpaired) electrons. The number of nitrogens with two attached hydrogens (primary N) is 1. The number of thiophene rings is 1. The zero-order valence-electron chi connectivity index (χ0n) is 14.6. The summed E-state index contributed by atoms with van der Waals surface area (Å²) >= 11 is 1.70. The number of hydrogen-bond donors (Lipinski definition) is 1. The van der Waals surface area contributed by atoms with Crippen LogP contribution in [-0.4, -0.2) is 30.4 Å². The molecular weight excluding hydrogens is 336 g/mol. The minimum absolute atomic E-state index is 0.0282. The number of nitrogens with zero attached hydrogens (tertiary/aromatic N) is 1. The number of primary amides is 1. The normalized spacial score (nSPS) is 12.1. The van der Waals surface area contributed by atoms with E-state index in [1.165, 1.54) is 4.88 Å². The van der Waals surface area contributed by atoms with Crippen molar-refractivity contribution in [2.45, 2.75) is 19.9 Å².